The minimum Gasteiger partial charge on any atom is -0.481 e. The molecular weight excluding hydrogens is 290 g/mol. The summed E-state index contributed by atoms with van der Waals surface area (Å²) in [7, 11) is 1.61. The van der Waals surface area contributed by atoms with Gasteiger partial charge in [0.1, 0.15) is 0 Å². The van der Waals surface area contributed by atoms with Crippen LogP contribution < -0.4 is 9.64 Å². The number of nitrogens with zero attached hydrogens (tertiary/aromatic N) is 5. The summed E-state index contributed by atoms with van der Waals surface area (Å²) in [6.07, 6.45) is 1.73. The Morgan fingerprint density at radius 1 is 1.13 bits per heavy atom. The highest BCUT2D eigenvalue weighted by molar-refractivity contribution is 5.33. The number of aromatic nitrogens is 2. The lowest BCUT2D eigenvalue weighted by atomic mass is 10.1. The van der Waals surface area contributed by atoms with Gasteiger partial charge < -0.3 is 9.64 Å². The molecule has 1 saturated heterocycles. The van der Waals surface area contributed by atoms with Crippen molar-refractivity contribution in [3.8, 4) is 11.9 Å². The molecule has 0 bridgehead atoms. The van der Waals surface area contributed by atoms with E-state index in [1.165, 1.54) is 5.56 Å². The summed E-state index contributed by atoms with van der Waals surface area (Å²) >= 11 is 0. The predicted octanol–water partition coefficient (Wildman–Crippen LogP) is 1.68. The maximum atomic E-state index is 8.84. The SMILES string of the molecule is COc1ccnc(N2CCN(Cc3ccc(C#N)cc3)CC2)n1. The maximum Gasteiger partial charge on any atom is 0.228 e. The third-order valence-electron chi connectivity index (χ3n) is 3.97. The van der Waals surface area contributed by atoms with Crippen LogP contribution in [0.1, 0.15) is 11.1 Å². The largest absolute Gasteiger partial charge is 0.481 e. The summed E-state index contributed by atoms with van der Waals surface area (Å²) in [6.45, 7) is 4.60. The zero-order chi connectivity index (χ0) is 16.1. The second-order valence-electron chi connectivity index (χ2n) is 5.47. The first kappa shape index (κ1) is 15.3. The topological polar surface area (TPSA) is 65.3 Å². The Bertz CT molecular complexity index is 687. The molecule has 0 unspecified atom stereocenters. The van der Waals surface area contributed by atoms with Crippen LogP contribution in [0.25, 0.3) is 0 Å². The number of piperazine rings is 1. The number of benzene rings is 1. The van der Waals surface area contributed by atoms with E-state index in [0.29, 0.717) is 11.4 Å². The molecule has 2 heterocycles. The van der Waals surface area contributed by atoms with Crippen LogP contribution in [-0.4, -0.2) is 48.2 Å². The molecule has 6 heteroatoms. The van der Waals surface area contributed by atoms with Crippen LogP contribution in [-0.2, 0) is 6.54 Å². The Labute approximate surface area is 136 Å². The van der Waals surface area contributed by atoms with Crippen molar-refractivity contribution in [3.63, 3.8) is 0 Å². The van der Waals surface area contributed by atoms with Gasteiger partial charge in [-0.25, -0.2) is 4.98 Å². The van der Waals surface area contributed by atoms with E-state index in [9.17, 15) is 0 Å². The Kier molecular flexibility index (Phi) is 4.69. The minimum absolute atomic E-state index is 0.593. The lowest BCUT2D eigenvalue weighted by molar-refractivity contribution is 0.248. The smallest absolute Gasteiger partial charge is 0.228 e. The first-order chi connectivity index (χ1) is 11.3. The second-order valence-corrected chi connectivity index (χ2v) is 5.47. The molecule has 23 heavy (non-hydrogen) atoms. The van der Waals surface area contributed by atoms with Crippen LogP contribution in [0.15, 0.2) is 36.5 Å². The summed E-state index contributed by atoms with van der Waals surface area (Å²) < 4.78 is 5.15. The van der Waals surface area contributed by atoms with Crippen LogP contribution in [0.3, 0.4) is 0 Å². The zero-order valence-corrected chi connectivity index (χ0v) is 13.1. The van der Waals surface area contributed by atoms with Crippen molar-refractivity contribution < 1.29 is 4.74 Å². The first-order valence-electron chi connectivity index (χ1n) is 7.62. The molecule has 2 aromatic rings. The standard InChI is InChI=1S/C17H19N5O/c1-23-16-6-7-19-17(20-16)22-10-8-21(9-11-22)13-15-4-2-14(12-18)3-5-15/h2-7H,8-11,13H2,1H3. The fourth-order valence-electron chi connectivity index (χ4n) is 2.65. The normalized spacial score (nSPS) is 15.2. The molecule has 0 amide bonds. The fraction of sp³-hybridized carbons (Fsp3) is 0.353. The minimum atomic E-state index is 0.593. The number of nitriles is 1. The Morgan fingerprint density at radius 3 is 2.52 bits per heavy atom. The third-order valence-corrected chi connectivity index (χ3v) is 3.97. The summed E-state index contributed by atoms with van der Waals surface area (Å²) in [5.74, 6) is 1.32. The van der Waals surface area contributed by atoms with E-state index in [2.05, 4.69) is 25.8 Å². The van der Waals surface area contributed by atoms with Gasteiger partial charge in [-0.3, -0.25) is 4.90 Å². The highest BCUT2D eigenvalue weighted by Crippen LogP contribution is 2.16. The number of anilines is 1. The van der Waals surface area contributed by atoms with Gasteiger partial charge in [0.2, 0.25) is 11.8 Å². The van der Waals surface area contributed by atoms with Gasteiger partial charge in [-0.15, -0.1) is 0 Å². The molecule has 1 aromatic heterocycles. The van der Waals surface area contributed by atoms with Gasteiger partial charge in [0.15, 0.2) is 0 Å². The van der Waals surface area contributed by atoms with Gasteiger partial charge in [-0.2, -0.15) is 10.2 Å². The van der Waals surface area contributed by atoms with Gasteiger partial charge in [-0.1, -0.05) is 12.1 Å². The Hall–Kier alpha value is -2.65. The van der Waals surface area contributed by atoms with Crippen molar-refractivity contribution in [1.82, 2.24) is 14.9 Å². The van der Waals surface area contributed by atoms with Crippen LogP contribution in [0.5, 0.6) is 5.88 Å². The molecule has 0 radical (unpaired) electrons. The van der Waals surface area contributed by atoms with Crippen LogP contribution >= 0.6 is 0 Å². The van der Waals surface area contributed by atoms with Crippen LogP contribution in [0.4, 0.5) is 5.95 Å². The van der Waals surface area contributed by atoms with E-state index < -0.39 is 0 Å². The maximum absolute atomic E-state index is 8.84. The van der Waals surface area contributed by atoms with E-state index in [0.717, 1.165) is 38.7 Å². The van der Waals surface area contributed by atoms with E-state index in [1.54, 1.807) is 19.4 Å². The molecule has 0 N–H and O–H groups in total. The molecule has 0 spiro atoms. The average molecular weight is 309 g/mol. The van der Waals surface area contributed by atoms with Gasteiger partial charge in [-0.05, 0) is 17.7 Å². The number of rotatable bonds is 4. The molecule has 1 fully saturated rings. The average Bonchev–Trinajstić information content (AvgIpc) is 2.63. The van der Waals surface area contributed by atoms with E-state index >= 15 is 0 Å². The van der Waals surface area contributed by atoms with E-state index in [4.69, 9.17) is 10.00 Å². The predicted molar refractivity (Wildman–Crippen MR) is 87.2 cm³/mol. The molecule has 1 aliphatic rings. The lowest BCUT2D eigenvalue weighted by Crippen LogP contribution is -2.46. The molecule has 0 saturated carbocycles. The van der Waals surface area contributed by atoms with Crippen molar-refractivity contribution in [1.29, 1.82) is 5.26 Å². The van der Waals surface area contributed by atoms with Crippen molar-refractivity contribution in [3.05, 3.63) is 47.7 Å². The van der Waals surface area contributed by atoms with E-state index in [1.807, 2.05) is 24.3 Å². The molecule has 6 nitrogen and oxygen atoms in total. The van der Waals surface area contributed by atoms with Crippen LogP contribution in [0, 0.1) is 11.3 Å². The number of methoxy groups -OCH3 is 1. The summed E-state index contributed by atoms with van der Waals surface area (Å²) in [5.41, 5.74) is 1.93. The second kappa shape index (κ2) is 7.07. The molecule has 3 rings (SSSR count). The fourth-order valence-corrected chi connectivity index (χ4v) is 2.65. The number of hydrogen-bond acceptors (Lipinski definition) is 6. The molecule has 0 aliphatic carbocycles. The van der Waals surface area contributed by atoms with Crippen molar-refractivity contribution in [2.75, 3.05) is 38.2 Å². The summed E-state index contributed by atoms with van der Waals surface area (Å²) in [4.78, 5) is 13.3. The van der Waals surface area contributed by atoms with E-state index in [-0.39, 0.29) is 0 Å². The summed E-state index contributed by atoms with van der Waals surface area (Å²) in [5, 5.41) is 8.84. The number of hydrogen-bond donors (Lipinski definition) is 0. The molecule has 118 valence electrons. The van der Waals surface area contributed by atoms with Crippen molar-refractivity contribution in [2.45, 2.75) is 6.54 Å². The quantitative estimate of drug-likeness (QED) is 0.856. The first-order valence-corrected chi connectivity index (χ1v) is 7.62. The lowest BCUT2D eigenvalue weighted by Gasteiger charge is -2.34. The van der Waals surface area contributed by atoms with Gasteiger partial charge in [0, 0.05) is 45.0 Å². The van der Waals surface area contributed by atoms with Crippen LogP contribution in [0.2, 0.25) is 0 Å². The molecule has 1 aliphatic heterocycles. The monoisotopic (exact) mass is 309 g/mol. The molecule has 0 atom stereocenters. The zero-order valence-electron chi connectivity index (χ0n) is 13.1. The van der Waals surface area contributed by atoms with Crippen molar-refractivity contribution >= 4 is 5.95 Å². The van der Waals surface area contributed by atoms with Gasteiger partial charge in [0.05, 0.1) is 18.7 Å². The highest BCUT2D eigenvalue weighted by atomic mass is 16.5. The van der Waals surface area contributed by atoms with Gasteiger partial charge in [0.25, 0.3) is 0 Å². The molecular formula is C17H19N5O. The van der Waals surface area contributed by atoms with Crippen molar-refractivity contribution in [2.24, 2.45) is 0 Å². The van der Waals surface area contributed by atoms with Gasteiger partial charge >= 0.3 is 0 Å². The third kappa shape index (κ3) is 3.76. The summed E-state index contributed by atoms with van der Waals surface area (Å²) in [6, 6.07) is 11.7. The Morgan fingerprint density at radius 2 is 1.87 bits per heavy atom. The Balaban J connectivity index is 1.56. The highest BCUT2D eigenvalue weighted by Gasteiger charge is 2.19. The molecule has 1 aromatic carbocycles. The number of ether oxygens (including phenoxy) is 1.